The number of halogens is 1. The first-order chi connectivity index (χ1) is 17.3. The molecule has 10 heteroatoms. The van der Waals surface area contributed by atoms with Crippen molar-refractivity contribution in [2.45, 2.75) is 36.2 Å². The lowest BCUT2D eigenvalue weighted by molar-refractivity contribution is -0.0000513. The van der Waals surface area contributed by atoms with Gasteiger partial charge >= 0.3 is 6.09 Å². The molecule has 0 aliphatic carbocycles. The minimum absolute atomic E-state index is 0. The van der Waals surface area contributed by atoms with Crippen LogP contribution in [-0.2, 0) is 14.2 Å². The summed E-state index contributed by atoms with van der Waals surface area (Å²) >= 11 is 1.79. The molecule has 0 atom stereocenters. The van der Waals surface area contributed by atoms with Gasteiger partial charge in [-0.1, -0.05) is 11.8 Å². The third-order valence-electron chi connectivity index (χ3n) is 6.21. The van der Waals surface area contributed by atoms with E-state index in [1.165, 1.54) is 15.5 Å². The smallest absolute Gasteiger partial charge is 0.410 e. The third kappa shape index (κ3) is 7.81. The van der Waals surface area contributed by atoms with Crippen molar-refractivity contribution < 1.29 is 43.0 Å². The SMILES string of the molecule is COCCN(CCOC)c1ccc2c(c1)Sc1cc(N3CCN(C(=O)OC(C)(C)C)CC3)ccc1N2.[I-]. The van der Waals surface area contributed by atoms with Gasteiger partial charge in [-0.15, -0.1) is 0 Å². The van der Waals surface area contributed by atoms with E-state index in [0.717, 1.165) is 43.2 Å². The van der Waals surface area contributed by atoms with Crippen molar-refractivity contribution in [2.75, 3.05) is 81.8 Å². The maximum absolute atomic E-state index is 12.4. The first kappa shape index (κ1) is 29.7. The van der Waals surface area contributed by atoms with E-state index in [-0.39, 0.29) is 30.1 Å². The van der Waals surface area contributed by atoms with Gasteiger partial charge < -0.3 is 58.2 Å². The number of methoxy groups -OCH3 is 2. The first-order valence-corrected chi connectivity index (χ1v) is 13.3. The fourth-order valence-electron chi connectivity index (χ4n) is 4.30. The molecule has 2 aliphatic rings. The van der Waals surface area contributed by atoms with Crippen LogP contribution in [0.4, 0.5) is 27.5 Å². The maximum atomic E-state index is 12.4. The molecule has 8 nitrogen and oxygen atoms in total. The second-order valence-electron chi connectivity index (χ2n) is 10.0. The molecule has 2 heterocycles. The number of hydrogen-bond acceptors (Lipinski definition) is 8. The lowest BCUT2D eigenvalue weighted by Crippen LogP contribution is -3.00. The Morgan fingerprint density at radius 3 is 2.14 bits per heavy atom. The van der Waals surface area contributed by atoms with Gasteiger partial charge in [0, 0.05) is 74.7 Å². The first-order valence-electron chi connectivity index (χ1n) is 12.5. The van der Waals surface area contributed by atoms with E-state index >= 15 is 0 Å². The highest BCUT2D eigenvalue weighted by atomic mass is 127. The number of benzene rings is 2. The van der Waals surface area contributed by atoms with E-state index in [1.54, 1.807) is 30.9 Å². The zero-order valence-electron chi connectivity index (χ0n) is 22.4. The molecule has 2 aromatic rings. The van der Waals surface area contributed by atoms with E-state index in [0.29, 0.717) is 26.3 Å². The molecule has 204 valence electrons. The van der Waals surface area contributed by atoms with Gasteiger partial charge in [-0.3, -0.25) is 0 Å². The molecule has 0 bridgehead atoms. The van der Waals surface area contributed by atoms with Crippen LogP contribution in [0, 0.1) is 0 Å². The Balaban J connectivity index is 0.00000380. The van der Waals surface area contributed by atoms with Crippen LogP contribution in [0.3, 0.4) is 0 Å². The van der Waals surface area contributed by atoms with E-state index in [4.69, 9.17) is 14.2 Å². The maximum Gasteiger partial charge on any atom is 0.410 e. The number of nitrogens with one attached hydrogen (secondary N) is 1. The van der Waals surface area contributed by atoms with E-state index in [2.05, 4.69) is 51.5 Å². The predicted molar refractivity (Wildman–Crippen MR) is 146 cm³/mol. The number of rotatable bonds is 8. The highest BCUT2D eigenvalue weighted by Crippen LogP contribution is 2.46. The number of fused-ring (bicyclic) bond motifs is 2. The Labute approximate surface area is 242 Å². The summed E-state index contributed by atoms with van der Waals surface area (Å²) < 4.78 is 16.2. The fourth-order valence-corrected chi connectivity index (χ4v) is 5.36. The number of ether oxygens (including phenoxy) is 3. The summed E-state index contributed by atoms with van der Waals surface area (Å²) in [7, 11) is 3.46. The minimum Gasteiger partial charge on any atom is -1.00 e. The Kier molecular flexibility index (Phi) is 10.6. The number of amides is 1. The fraction of sp³-hybridized carbons (Fsp3) is 0.519. The Bertz CT molecular complexity index is 1050. The average molecular weight is 642 g/mol. The summed E-state index contributed by atoms with van der Waals surface area (Å²) in [5, 5.41) is 3.59. The van der Waals surface area contributed by atoms with E-state index < -0.39 is 5.60 Å². The van der Waals surface area contributed by atoms with Crippen molar-refractivity contribution in [1.82, 2.24) is 4.90 Å². The summed E-state index contributed by atoms with van der Waals surface area (Å²) in [6, 6.07) is 13.1. The Hall–Kier alpha value is -1.89. The van der Waals surface area contributed by atoms with Crippen molar-refractivity contribution in [3.05, 3.63) is 36.4 Å². The molecular formula is C27H38IN4O4S-. The van der Waals surface area contributed by atoms with Crippen LogP contribution < -0.4 is 39.1 Å². The molecule has 0 aromatic heterocycles. The molecule has 0 radical (unpaired) electrons. The van der Waals surface area contributed by atoms with Crippen molar-refractivity contribution in [3.8, 4) is 0 Å². The second kappa shape index (κ2) is 13.3. The van der Waals surface area contributed by atoms with Gasteiger partial charge in [-0.25, -0.2) is 4.79 Å². The number of carbonyl (C=O) groups is 1. The molecule has 4 rings (SSSR count). The quantitative estimate of drug-likeness (QED) is 0.376. The van der Waals surface area contributed by atoms with Gasteiger partial charge in [0.2, 0.25) is 0 Å². The molecule has 0 saturated carbocycles. The predicted octanol–water partition coefficient (Wildman–Crippen LogP) is 2.06. The molecule has 2 aliphatic heterocycles. The van der Waals surface area contributed by atoms with Crippen LogP contribution in [0.25, 0.3) is 0 Å². The topological polar surface area (TPSA) is 66.5 Å². The average Bonchev–Trinajstić information content (AvgIpc) is 2.86. The monoisotopic (exact) mass is 641 g/mol. The summed E-state index contributed by atoms with van der Waals surface area (Å²) in [5.74, 6) is 0. The number of anilines is 4. The summed E-state index contributed by atoms with van der Waals surface area (Å²) in [6.07, 6.45) is -0.232. The van der Waals surface area contributed by atoms with Gasteiger partial charge in [0.1, 0.15) is 5.60 Å². The lowest BCUT2D eigenvalue weighted by Gasteiger charge is -2.37. The van der Waals surface area contributed by atoms with Crippen molar-refractivity contribution in [3.63, 3.8) is 0 Å². The van der Waals surface area contributed by atoms with Crippen LogP contribution in [0.2, 0.25) is 0 Å². The van der Waals surface area contributed by atoms with Crippen molar-refractivity contribution >= 4 is 40.6 Å². The summed E-state index contributed by atoms with van der Waals surface area (Å²) in [5.41, 5.74) is 4.10. The summed E-state index contributed by atoms with van der Waals surface area (Å²) in [4.78, 5) is 21.2. The molecule has 37 heavy (non-hydrogen) atoms. The third-order valence-corrected chi connectivity index (χ3v) is 7.33. The van der Waals surface area contributed by atoms with Crippen molar-refractivity contribution in [1.29, 1.82) is 0 Å². The molecule has 2 aromatic carbocycles. The Morgan fingerprint density at radius 2 is 1.54 bits per heavy atom. The Morgan fingerprint density at radius 1 is 0.946 bits per heavy atom. The van der Waals surface area contributed by atoms with E-state index in [1.807, 2.05) is 20.8 Å². The molecule has 0 spiro atoms. The van der Waals surface area contributed by atoms with Crippen LogP contribution in [0.15, 0.2) is 46.2 Å². The number of hydrogen-bond donors (Lipinski definition) is 1. The second-order valence-corrected chi connectivity index (χ2v) is 11.1. The van der Waals surface area contributed by atoms with Crippen LogP contribution in [0.1, 0.15) is 20.8 Å². The van der Waals surface area contributed by atoms with Gasteiger partial charge in [0.25, 0.3) is 0 Å². The highest BCUT2D eigenvalue weighted by molar-refractivity contribution is 7.99. The van der Waals surface area contributed by atoms with E-state index in [9.17, 15) is 4.79 Å². The molecule has 1 N–H and O–H groups in total. The summed E-state index contributed by atoms with van der Waals surface area (Å²) in [6.45, 7) is 11.5. The zero-order valence-corrected chi connectivity index (χ0v) is 25.4. The molecule has 1 fully saturated rings. The lowest BCUT2D eigenvalue weighted by atomic mass is 10.2. The van der Waals surface area contributed by atoms with Gasteiger partial charge in [-0.2, -0.15) is 0 Å². The van der Waals surface area contributed by atoms with Crippen LogP contribution >= 0.6 is 11.8 Å². The molecule has 1 saturated heterocycles. The van der Waals surface area contributed by atoms with Gasteiger partial charge in [-0.05, 0) is 57.2 Å². The van der Waals surface area contributed by atoms with Gasteiger partial charge in [0.05, 0.1) is 24.6 Å². The number of piperazine rings is 1. The largest absolute Gasteiger partial charge is 1.00 e. The standard InChI is InChI=1S/C27H38N4O4S.HI/c1-27(2,3)35-26(32)31-12-10-29(11-13-31)20-6-8-22-24(18-20)36-25-19-21(7-9-23(25)28-22)30(14-16-33-4)15-17-34-5;/h6-9,18-19,28H,10-17H2,1-5H3;1H/p-1. The number of nitrogens with zero attached hydrogens (tertiary/aromatic N) is 3. The number of carbonyl (C=O) groups excluding carboxylic acids is 1. The molecule has 0 unspecified atom stereocenters. The highest BCUT2D eigenvalue weighted by Gasteiger charge is 2.27. The molecular weight excluding hydrogens is 603 g/mol. The molecule has 1 amide bonds. The zero-order chi connectivity index (χ0) is 25.7. The van der Waals surface area contributed by atoms with Crippen LogP contribution in [0.5, 0.6) is 0 Å². The minimum atomic E-state index is -0.475. The van der Waals surface area contributed by atoms with Crippen LogP contribution in [-0.4, -0.2) is 83.3 Å². The normalized spacial score (nSPS) is 14.7. The van der Waals surface area contributed by atoms with Gasteiger partial charge in [0.15, 0.2) is 0 Å². The van der Waals surface area contributed by atoms with Crippen molar-refractivity contribution in [2.24, 2.45) is 0 Å².